The van der Waals surface area contributed by atoms with Gasteiger partial charge in [-0.15, -0.1) is 0 Å². The van der Waals surface area contributed by atoms with Crippen LogP contribution in [0.3, 0.4) is 0 Å². The van der Waals surface area contributed by atoms with Crippen molar-refractivity contribution in [3.05, 3.63) is 53.4 Å². The lowest BCUT2D eigenvalue weighted by Gasteiger charge is -2.26. The van der Waals surface area contributed by atoms with Gasteiger partial charge in [-0.1, -0.05) is 17.7 Å². The number of rotatable bonds is 5. The van der Waals surface area contributed by atoms with Crippen LogP contribution in [0, 0.1) is 13.8 Å². The summed E-state index contributed by atoms with van der Waals surface area (Å²) in [5.41, 5.74) is 2.36. The minimum atomic E-state index is -3.85. The third-order valence-electron chi connectivity index (χ3n) is 5.67. The Bertz CT molecular complexity index is 1190. The number of likely N-dealkylation sites (tertiary alicyclic amines) is 1. The van der Waals surface area contributed by atoms with E-state index in [1.54, 1.807) is 24.0 Å². The summed E-state index contributed by atoms with van der Waals surface area (Å²) < 4.78 is 33.5. The number of hydrogen-bond donors (Lipinski definition) is 1. The molecule has 0 aliphatic carbocycles. The maximum atomic E-state index is 13.3. The molecule has 1 amide bonds. The number of piperidine rings is 1. The summed E-state index contributed by atoms with van der Waals surface area (Å²) in [5.74, 6) is 0.393. The number of aryl methyl sites for hydroxylation is 2. The van der Waals surface area contributed by atoms with Crippen LogP contribution >= 0.6 is 0 Å². The number of anilines is 1. The van der Waals surface area contributed by atoms with Gasteiger partial charge in [0.1, 0.15) is 16.3 Å². The highest BCUT2D eigenvalue weighted by molar-refractivity contribution is 7.92. The Morgan fingerprint density at radius 1 is 1.13 bits per heavy atom. The molecule has 1 fully saturated rings. The van der Waals surface area contributed by atoms with E-state index in [1.165, 1.54) is 23.6 Å². The monoisotopic (exact) mass is 442 g/mol. The molecule has 1 aliphatic rings. The molecule has 0 spiro atoms. The van der Waals surface area contributed by atoms with Crippen molar-refractivity contribution in [3.63, 3.8) is 0 Å². The van der Waals surface area contributed by atoms with Crippen molar-refractivity contribution in [2.24, 2.45) is 0 Å². The largest absolute Gasteiger partial charge is 0.458 e. The number of sulfonamides is 1. The van der Waals surface area contributed by atoms with E-state index in [0.717, 1.165) is 24.8 Å². The van der Waals surface area contributed by atoms with Crippen molar-refractivity contribution >= 4 is 21.6 Å². The summed E-state index contributed by atoms with van der Waals surface area (Å²) in [6, 6.07) is 8.69. The highest BCUT2D eigenvalue weighted by Gasteiger charge is 2.29. The number of furan rings is 1. The SMILES string of the molecule is Cc1ccc(N(C)S(=O)(=O)c2cc(-c3[nH]ncc3C(=O)N3CCCCC3)oc2C)cc1. The van der Waals surface area contributed by atoms with E-state index in [0.29, 0.717) is 30.0 Å². The quantitative estimate of drug-likeness (QED) is 0.649. The molecule has 3 aromatic rings. The summed E-state index contributed by atoms with van der Waals surface area (Å²) in [7, 11) is -2.34. The molecule has 1 aliphatic heterocycles. The summed E-state index contributed by atoms with van der Waals surface area (Å²) in [5, 5.41) is 6.82. The molecule has 8 nitrogen and oxygen atoms in total. The van der Waals surface area contributed by atoms with Crippen molar-refractivity contribution in [1.29, 1.82) is 0 Å². The molecular weight excluding hydrogens is 416 g/mol. The minimum absolute atomic E-state index is 0.0524. The van der Waals surface area contributed by atoms with Crippen LogP contribution in [-0.2, 0) is 10.0 Å². The van der Waals surface area contributed by atoms with Gasteiger partial charge in [0.05, 0.1) is 17.4 Å². The second kappa shape index (κ2) is 8.22. The number of H-pyrrole nitrogens is 1. The number of aromatic amines is 1. The molecule has 4 rings (SSSR count). The lowest BCUT2D eigenvalue weighted by atomic mass is 10.1. The molecule has 9 heteroatoms. The first kappa shape index (κ1) is 21.2. The van der Waals surface area contributed by atoms with Gasteiger partial charge >= 0.3 is 0 Å². The average molecular weight is 443 g/mol. The van der Waals surface area contributed by atoms with Crippen LogP contribution in [0.15, 0.2) is 45.8 Å². The van der Waals surface area contributed by atoms with Gasteiger partial charge in [0.2, 0.25) is 0 Å². The molecule has 3 heterocycles. The second-order valence-corrected chi connectivity index (χ2v) is 9.79. The minimum Gasteiger partial charge on any atom is -0.458 e. The fourth-order valence-electron chi connectivity index (χ4n) is 3.79. The standard InChI is InChI=1S/C22H26N4O4S/c1-15-7-9-17(10-8-15)25(3)31(28,29)20-13-19(30-16(20)2)21-18(14-23-24-21)22(27)26-11-5-4-6-12-26/h7-10,13-14H,4-6,11-12H2,1-3H3,(H,23,24). The maximum Gasteiger partial charge on any atom is 0.267 e. The predicted octanol–water partition coefficient (Wildman–Crippen LogP) is 3.74. The third kappa shape index (κ3) is 3.97. The molecule has 0 atom stereocenters. The first-order chi connectivity index (χ1) is 14.8. The van der Waals surface area contributed by atoms with E-state index >= 15 is 0 Å². The number of benzene rings is 1. The van der Waals surface area contributed by atoms with Gasteiger partial charge < -0.3 is 9.32 Å². The number of aromatic nitrogens is 2. The van der Waals surface area contributed by atoms with Gasteiger partial charge in [0, 0.05) is 26.2 Å². The molecule has 164 valence electrons. The molecule has 0 saturated carbocycles. The van der Waals surface area contributed by atoms with Crippen LogP contribution in [0.25, 0.3) is 11.5 Å². The number of amides is 1. The van der Waals surface area contributed by atoms with Crippen LogP contribution in [0.5, 0.6) is 0 Å². The van der Waals surface area contributed by atoms with Crippen molar-refractivity contribution in [2.75, 3.05) is 24.4 Å². The fraction of sp³-hybridized carbons (Fsp3) is 0.364. The zero-order valence-corrected chi connectivity index (χ0v) is 18.7. The van der Waals surface area contributed by atoms with Gasteiger partial charge in [0.15, 0.2) is 5.76 Å². The van der Waals surface area contributed by atoms with Gasteiger partial charge in [-0.3, -0.25) is 14.2 Å². The topological polar surface area (TPSA) is 99.5 Å². The molecular formula is C22H26N4O4S. The summed E-state index contributed by atoms with van der Waals surface area (Å²) >= 11 is 0. The van der Waals surface area contributed by atoms with Gasteiger partial charge in [-0.2, -0.15) is 5.10 Å². The summed E-state index contributed by atoms with van der Waals surface area (Å²) in [6.45, 7) is 4.96. The molecule has 31 heavy (non-hydrogen) atoms. The molecule has 0 bridgehead atoms. The van der Waals surface area contributed by atoms with Gasteiger partial charge in [-0.25, -0.2) is 8.42 Å². The summed E-state index contributed by atoms with van der Waals surface area (Å²) in [6.07, 6.45) is 4.55. The Balaban J connectivity index is 1.66. The number of carbonyl (C=O) groups is 1. The summed E-state index contributed by atoms with van der Waals surface area (Å²) in [4.78, 5) is 14.8. The first-order valence-electron chi connectivity index (χ1n) is 10.3. The molecule has 2 aromatic heterocycles. The number of carbonyl (C=O) groups excluding carboxylic acids is 1. The Labute approximate surface area is 181 Å². The highest BCUT2D eigenvalue weighted by atomic mass is 32.2. The number of nitrogens with one attached hydrogen (secondary N) is 1. The molecule has 1 saturated heterocycles. The van der Waals surface area contributed by atoms with Crippen LogP contribution in [0.2, 0.25) is 0 Å². The van der Waals surface area contributed by atoms with E-state index in [4.69, 9.17) is 4.42 Å². The Morgan fingerprint density at radius 2 is 1.81 bits per heavy atom. The van der Waals surface area contributed by atoms with Crippen LogP contribution in [-0.4, -0.2) is 49.6 Å². The number of nitrogens with zero attached hydrogens (tertiary/aromatic N) is 3. The molecule has 0 unspecified atom stereocenters. The van der Waals surface area contributed by atoms with Crippen molar-refractivity contribution in [2.45, 2.75) is 38.0 Å². The fourth-order valence-corrected chi connectivity index (χ4v) is 5.14. The molecule has 1 N–H and O–H groups in total. The van der Waals surface area contributed by atoms with Crippen molar-refractivity contribution in [3.8, 4) is 11.5 Å². The van der Waals surface area contributed by atoms with Crippen LogP contribution in [0.1, 0.15) is 40.9 Å². The number of hydrogen-bond acceptors (Lipinski definition) is 5. The van der Waals surface area contributed by atoms with E-state index in [-0.39, 0.29) is 22.3 Å². The Hall–Kier alpha value is -3.07. The smallest absolute Gasteiger partial charge is 0.267 e. The lowest BCUT2D eigenvalue weighted by molar-refractivity contribution is 0.0725. The van der Waals surface area contributed by atoms with Crippen molar-refractivity contribution < 1.29 is 17.6 Å². The maximum absolute atomic E-state index is 13.3. The van der Waals surface area contributed by atoms with E-state index in [1.807, 2.05) is 19.1 Å². The van der Waals surface area contributed by atoms with E-state index in [9.17, 15) is 13.2 Å². The Morgan fingerprint density at radius 3 is 2.48 bits per heavy atom. The second-order valence-electron chi connectivity index (χ2n) is 7.85. The molecule has 0 radical (unpaired) electrons. The highest BCUT2D eigenvalue weighted by Crippen LogP contribution is 2.32. The van der Waals surface area contributed by atoms with Gasteiger partial charge in [-0.05, 0) is 45.2 Å². The molecule has 1 aromatic carbocycles. The first-order valence-corrected chi connectivity index (χ1v) is 11.7. The Kier molecular flexibility index (Phi) is 5.62. The predicted molar refractivity (Wildman–Crippen MR) is 118 cm³/mol. The van der Waals surface area contributed by atoms with Crippen LogP contribution in [0.4, 0.5) is 5.69 Å². The third-order valence-corrected chi connectivity index (χ3v) is 7.56. The lowest BCUT2D eigenvalue weighted by Crippen LogP contribution is -2.35. The van der Waals surface area contributed by atoms with Crippen LogP contribution < -0.4 is 4.31 Å². The average Bonchev–Trinajstić information content (AvgIpc) is 3.41. The zero-order valence-electron chi connectivity index (χ0n) is 17.9. The normalized spacial score (nSPS) is 14.6. The zero-order chi connectivity index (χ0) is 22.2. The van der Waals surface area contributed by atoms with E-state index in [2.05, 4.69) is 10.2 Å². The van der Waals surface area contributed by atoms with Gasteiger partial charge in [0.25, 0.3) is 15.9 Å². The van der Waals surface area contributed by atoms with Crippen molar-refractivity contribution in [1.82, 2.24) is 15.1 Å². The van der Waals surface area contributed by atoms with E-state index < -0.39 is 10.0 Å².